The first-order chi connectivity index (χ1) is 12.5. The van der Waals surface area contributed by atoms with E-state index in [-0.39, 0.29) is 19.1 Å². The van der Waals surface area contributed by atoms with Gasteiger partial charge >= 0.3 is 5.97 Å². The number of aromatic nitrogens is 1. The van der Waals surface area contributed by atoms with Crippen LogP contribution < -0.4 is 0 Å². The number of fused-ring (bicyclic) bond motifs is 1. The second kappa shape index (κ2) is 8.04. The minimum atomic E-state index is -0.420. The van der Waals surface area contributed by atoms with Gasteiger partial charge in [-0.15, -0.1) is 0 Å². The highest BCUT2D eigenvalue weighted by molar-refractivity contribution is 6.30. The molecule has 0 saturated carbocycles. The van der Waals surface area contributed by atoms with E-state index in [2.05, 4.69) is 4.98 Å². The van der Waals surface area contributed by atoms with E-state index in [1.165, 1.54) is 0 Å². The molecule has 1 amide bonds. The Labute approximate surface area is 158 Å². The van der Waals surface area contributed by atoms with E-state index in [0.29, 0.717) is 23.7 Å². The van der Waals surface area contributed by atoms with Gasteiger partial charge in [0.25, 0.3) is 0 Å². The summed E-state index contributed by atoms with van der Waals surface area (Å²) in [6.07, 6.45) is 3.35. The van der Waals surface area contributed by atoms with Crippen LogP contribution in [0.15, 0.2) is 18.2 Å². The zero-order valence-corrected chi connectivity index (χ0v) is 15.9. The van der Waals surface area contributed by atoms with Gasteiger partial charge in [-0.2, -0.15) is 0 Å². The predicted molar refractivity (Wildman–Crippen MR) is 101 cm³/mol. The van der Waals surface area contributed by atoms with E-state index in [9.17, 15) is 9.59 Å². The summed E-state index contributed by atoms with van der Waals surface area (Å²) in [4.78, 5) is 30.2. The summed E-state index contributed by atoms with van der Waals surface area (Å²) in [6, 6.07) is 5.93. The number of rotatable bonds is 4. The number of esters is 1. The van der Waals surface area contributed by atoms with Crippen molar-refractivity contribution in [2.75, 3.05) is 13.1 Å². The SMILES string of the molecule is Cc1ccc2cc(COC(=O)CN3CCCCCC3=O)c(Cl)nc2c1C. The largest absolute Gasteiger partial charge is 0.459 e. The molecule has 0 spiro atoms. The Balaban J connectivity index is 1.67. The van der Waals surface area contributed by atoms with Crippen LogP contribution in [0.1, 0.15) is 42.4 Å². The third-order valence-corrected chi connectivity index (χ3v) is 5.24. The molecule has 0 N–H and O–H groups in total. The molecule has 1 aliphatic heterocycles. The molecule has 1 saturated heterocycles. The molecule has 1 aromatic heterocycles. The van der Waals surface area contributed by atoms with Crippen molar-refractivity contribution in [3.8, 4) is 0 Å². The molecular formula is C20H23ClN2O3. The average molecular weight is 375 g/mol. The van der Waals surface area contributed by atoms with Crippen LogP contribution in [-0.2, 0) is 20.9 Å². The summed E-state index contributed by atoms with van der Waals surface area (Å²) in [5.41, 5.74) is 3.77. The highest BCUT2D eigenvalue weighted by atomic mass is 35.5. The van der Waals surface area contributed by atoms with E-state index in [1.807, 2.05) is 32.0 Å². The zero-order valence-electron chi connectivity index (χ0n) is 15.2. The zero-order chi connectivity index (χ0) is 18.7. The first-order valence-electron chi connectivity index (χ1n) is 8.94. The van der Waals surface area contributed by atoms with Crippen molar-refractivity contribution >= 4 is 34.4 Å². The van der Waals surface area contributed by atoms with Gasteiger partial charge in [0.1, 0.15) is 18.3 Å². The van der Waals surface area contributed by atoms with E-state index in [1.54, 1.807) is 4.90 Å². The van der Waals surface area contributed by atoms with Gasteiger partial charge in [0, 0.05) is 23.9 Å². The number of likely N-dealkylation sites (tertiary alicyclic amines) is 1. The molecule has 2 aromatic rings. The fourth-order valence-corrected chi connectivity index (χ4v) is 3.36. The van der Waals surface area contributed by atoms with Gasteiger partial charge in [0.05, 0.1) is 5.52 Å². The van der Waals surface area contributed by atoms with Crippen LogP contribution >= 0.6 is 11.6 Å². The Morgan fingerprint density at radius 3 is 2.88 bits per heavy atom. The maximum atomic E-state index is 12.1. The van der Waals surface area contributed by atoms with E-state index in [0.717, 1.165) is 41.3 Å². The molecular weight excluding hydrogens is 352 g/mol. The summed E-state index contributed by atoms with van der Waals surface area (Å²) in [5, 5.41) is 1.30. The van der Waals surface area contributed by atoms with Gasteiger partial charge in [-0.3, -0.25) is 9.59 Å². The van der Waals surface area contributed by atoms with E-state index < -0.39 is 5.97 Å². The molecule has 0 bridgehead atoms. The predicted octanol–water partition coefficient (Wildman–Crippen LogP) is 3.95. The number of hydrogen-bond donors (Lipinski definition) is 0. The van der Waals surface area contributed by atoms with Crippen molar-refractivity contribution in [3.63, 3.8) is 0 Å². The van der Waals surface area contributed by atoms with Crippen molar-refractivity contribution in [2.45, 2.75) is 46.1 Å². The Morgan fingerprint density at radius 2 is 2.08 bits per heavy atom. The summed E-state index contributed by atoms with van der Waals surface area (Å²) >= 11 is 6.28. The molecule has 5 nitrogen and oxygen atoms in total. The molecule has 1 fully saturated rings. The topological polar surface area (TPSA) is 59.5 Å². The van der Waals surface area contributed by atoms with Crippen LogP contribution in [0.2, 0.25) is 5.15 Å². The molecule has 3 rings (SSSR count). The molecule has 1 aliphatic rings. The number of ether oxygens (including phenoxy) is 1. The van der Waals surface area contributed by atoms with Crippen LogP contribution in [0.25, 0.3) is 10.9 Å². The number of halogens is 1. The number of nitrogens with zero attached hydrogens (tertiary/aromatic N) is 2. The summed E-state index contributed by atoms with van der Waals surface area (Å²) in [5.74, 6) is -0.396. The maximum absolute atomic E-state index is 12.1. The molecule has 0 atom stereocenters. The maximum Gasteiger partial charge on any atom is 0.325 e. The highest BCUT2D eigenvalue weighted by Crippen LogP contribution is 2.25. The normalized spacial score (nSPS) is 15.2. The first-order valence-corrected chi connectivity index (χ1v) is 9.32. The second-order valence-electron chi connectivity index (χ2n) is 6.80. The van der Waals surface area contributed by atoms with Gasteiger partial charge in [0.2, 0.25) is 5.91 Å². The molecule has 1 aromatic carbocycles. The number of aryl methyl sites for hydroxylation is 2. The van der Waals surface area contributed by atoms with Crippen molar-refractivity contribution in [1.82, 2.24) is 9.88 Å². The van der Waals surface area contributed by atoms with Crippen LogP contribution in [0.5, 0.6) is 0 Å². The molecule has 6 heteroatoms. The molecule has 26 heavy (non-hydrogen) atoms. The molecule has 0 aliphatic carbocycles. The number of pyridine rings is 1. The lowest BCUT2D eigenvalue weighted by Gasteiger charge is -2.19. The van der Waals surface area contributed by atoms with Crippen molar-refractivity contribution < 1.29 is 14.3 Å². The molecule has 138 valence electrons. The van der Waals surface area contributed by atoms with Gasteiger partial charge in [-0.25, -0.2) is 4.98 Å². The lowest BCUT2D eigenvalue weighted by molar-refractivity contribution is -0.150. The Hall–Kier alpha value is -2.14. The van der Waals surface area contributed by atoms with Crippen LogP contribution in [-0.4, -0.2) is 34.8 Å². The fraction of sp³-hybridized carbons (Fsp3) is 0.450. The smallest absolute Gasteiger partial charge is 0.325 e. The monoisotopic (exact) mass is 374 g/mol. The average Bonchev–Trinajstić information content (AvgIpc) is 2.82. The van der Waals surface area contributed by atoms with Gasteiger partial charge < -0.3 is 9.64 Å². The lowest BCUT2D eigenvalue weighted by Crippen LogP contribution is -2.35. The van der Waals surface area contributed by atoms with Crippen molar-refractivity contribution in [2.24, 2.45) is 0 Å². The van der Waals surface area contributed by atoms with Crippen molar-refractivity contribution in [1.29, 1.82) is 0 Å². The summed E-state index contributed by atoms with van der Waals surface area (Å²) in [7, 11) is 0. The molecule has 0 radical (unpaired) electrons. The third kappa shape index (κ3) is 4.15. The minimum absolute atomic E-state index is 0.00420. The number of carbonyl (C=O) groups excluding carboxylic acids is 2. The van der Waals surface area contributed by atoms with Gasteiger partial charge in [0.15, 0.2) is 0 Å². The third-order valence-electron chi connectivity index (χ3n) is 4.92. The Bertz CT molecular complexity index is 851. The summed E-state index contributed by atoms with van der Waals surface area (Å²) < 4.78 is 5.35. The standard InChI is InChI=1S/C20H23ClN2O3/c1-13-7-8-15-10-16(20(21)22-19(15)14(13)2)12-26-18(25)11-23-9-5-3-4-6-17(23)24/h7-8,10H,3-6,9,11-12H2,1-2H3. The quantitative estimate of drug-likeness (QED) is 0.600. The number of benzene rings is 1. The first kappa shape index (κ1) is 18.6. The number of amides is 1. The Kier molecular flexibility index (Phi) is 5.77. The second-order valence-corrected chi connectivity index (χ2v) is 7.16. The van der Waals surface area contributed by atoms with Gasteiger partial charge in [-0.05, 0) is 43.9 Å². The van der Waals surface area contributed by atoms with Crippen LogP contribution in [0, 0.1) is 13.8 Å². The van der Waals surface area contributed by atoms with Gasteiger partial charge in [-0.1, -0.05) is 30.2 Å². The van der Waals surface area contributed by atoms with E-state index >= 15 is 0 Å². The minimum Gasteiger partial charge on any atom is -0.459 e. The van der Waals surface area contributed by atoms with E-state index in [4.69, 9.17) is 16.3 Å². The summed E-state index contributed by atoms with van der Waals surface area (Å²) in [6.45, 7) is 4.71. The van der Waals surface area contributed by atoms with Crippen LogP contribution in [0.4, 0.5) is 0 Å². The number of hydrogen-bond acceptors (Lipinski definition) is 4. The van der Waals surface area contributed by atoms with Crippen molar-refractivity contribution in [3.05, 3.63) is 40.0 Å². The molecule has 0 unspecified atom stereocenters. The molecule has 2 heterocycles. The highest BCUT2D eigenvalue weighted by Gasteiger charge is 2.20. The number of carbonyl (C=O) groups is 2. The fourth-order valence-electron chi connectivity index (χ4n) is 3.17. The van der Waals surface area contributed by atoms with Crippen LogP contribution in [0.3, 0.4) is 0 Å². The lowest BCUT2D eigenvalue weighted by atomic mass is 10.0. The Morgan fingerprint density at radius 1 is 1.27 bits per heavy atom.